The van der Waals surface area contributed by atoms with E-state index in [4.69, 9.17) is 5.90 Å². The van der Waals surface area contributed by atoms with E-state index in [1.807, 2.05) is 0 Å². The summed E-state index contributed by atoms with van der Waals surface area (Å²) in [6.07, 6.45) is 4.73. The third kappa shape index (κ3) is 1.68. The number of hydrogen-bond donors (Lipinski definition) is 1. The van der Waals surface area contributed by atoms with E-state index in [1.165, 1.54) is 30.4 Å². The Balaban J connectivity index is 2.29. The van der Waals surface area contributed by atoms with Crippen LogP contribution in [0, 0.1) is 6.92 Å². The van der Waals surface area contributed by atoms with Crippen molar-refractivity contribution in [1.29, 1.82) is 0 Å². The van der Waals surface area contributed by atoms with Gasteiger partial charge in [-0.15, -0.1) is 0 Å². The first-order valence-electron chi connectivity index (χ1n) is 5.25. The van der Waals surface area contributed by atoms with Crippen molar-refractivity contribution in [3.05, 3.63) is 34.4 Å². The summed E-state index contributed by atoms with van der Waals surface area (Å²) >= 11 is 0. The molecule has 0 atom stereocenters. The van der Waals surface area contributed by atoms with Crippen molar-refractivity contribution in [2.75, 3.05) is 6.61 Å². The van der Waals surface area contributed by atoms with Crippen LogP contribution in [0.15, 0.2) is 12.1 Å². The summed E-state index contributed by atoms with van der Waals surface area (Å²) in [5.41, 5.74) is 5.99. The quantitative estimate of drug-likeness (QED) is 0.741. The van der Waals surface area contributed by atoms with Crippen molar-refractivity contribution in [2.24, 2.45) is 5.90 Å². The third-order valence-electron chi connectivity index (χ3n) is 3.11. The van der Waals surface area contributed by atoms with Crippen LogP contribution in [0.3, 0.4) is 0 Å². The topological polar surface area (TPSA) is 35.2 Å². The van der Waals surface area contributed by atoms with Gasteiger partial charge >= 0.3 is 0 Å². The van der Waals surface area contributed by atoms with Crippen LogP contribution in [0.4, 0.5) is 0 Å². The molecule has 14 heavy (non-hydrogen) atoms. The second kappa shape index (κ2) is 4.11. The Bertz CT molecular complexity index is 333. The van der Waals surface area contributed by atoms with E-state index in [9.17, 15) is 0 Å². The first-order valence-corrected chi connectivity index (χ1v) is 5.25. The lowest BCUT2D eigenvalue weighted by Crippen LogP contribution is -2.06. The molecule has 1 aliphatic carbocycles. The lowest BCUT2D eigenvalue weighted by Gasteiger charge is -2.10. The van der Waals surface area contributed by atoms with Gasteiger partial charge in [-0.05, 0) is 54.9 Å². The molecule has 2 nitrogen and oxygen atoms in total. The van der Waals surface area contributed by atoms with Gasteiger partial charge in [-0.25, -0.2) is 5.90 Å². The minimum absolute atomic E-state index is 0.621. The molecule has 0 heterocycles. The van der Waals surface area contributed by atoms with E-state index >= 15 is 0 Å². The molecular formula is C12H17NO. The highest BCUT2D eigenvalue weighted by Crippen LogP contribution is 2.28. The van der Waals surface area contributed by atoms with Gasteiger partial charge in [0.25, 0.3) is 0 Å². The van der Waals surface area contributed by atoms with E-state index in [0.717, 1.165) is 6.42 Å². The molecule has 0 spiro atoms. The summed E-state index contributed by atoms with van der Waals surface area (Å²) in [4.78, 5) is 4.64. The Morgan fingerprint density at radius 1 is 1.29 bits per heavy atom. The molecule has 0 radical (unpaired) electrons. The molecule has 1 aromatic rings. The summed E-state index contributed by atoms with van der Waals surface area (Å²) in [7, 11) is 0. The summed E-state index contributed by atoms with van der Waals surface area (Å²) < 4.78 is 0. The number of hydrogen-bond acceptors (Lipinski definition) is 2. The molecule has 1 aliphatic rings. The molecule has 0 amide bonds. The monoisotopic (exact) mass is 191 g/mol. The van der Waals surface area contributed by atoms with Crippen LogP contribution >= 0.6 is 0 Å². The van der Waals surface area contributed by atoms with Gasteiger partial charge in [0, 0.05) is 0 Å². The number of aryl methyl sites for hydroxylation is 1. The van der Waals surface area contributed by atoms with Gasteiger partial charge in [0.15, 0.2) is 0 Å². The highest BCUT2D eigenvalue weighted by Gasteiger charge is 2.16. The largest absolute Gasteiger partial charge is 0.304 e. The number of benzene rings is 1. The Kier molecular flexibility index (Phi) is 2.85. The molecule has 0 fully saturated rings. The zero-order valence-corrected chi connectivity index (χ0v) is 8.68. The van der Waals surface area contributed by atoms with E-state index in [1.54, 1.807) is 11.1 Å². The van der Waals surface area contributed by atoms with Gasteiger partial charge in [-0.1, -0.05) is 12.1 Å². The van der Waals surface area contributed by atoms with E-state index in [0.29, 0.717) is 6.61 Å². The van der Waals surface area contributed by atoms with E-state index in [2.05, 4.69) is 23.9 Å². The van der Waals surface area contributed by atoms with Crippen LogP contribution in [-0.2, 0) is 24.1 Å². The second-order valence-corrected chi connectivity index (χ2v) is 3.97. The zero-order chi connectivity index (χ0) is 9.97. The average Bonchev–Trinajstić information content (AvgIpc) is 2.66. The van der Waals surface area contributed by atoms with Crippen LogP contribution in [0.2, 0.25) is 0 Å². The lowest BCUT2D eigenvalue weighted by atomic mass is 9.97. The van der Waals surface area contributed by atoms with Crippen LogP contribution in [0.5, 0.6) is 0 Å². The summed E-state index contributed by atoms with van der Waals surface area (Å²) in [6.45, 7) is 2.82. The molecule has 0 saturated carbocycles. The van der Waals surface area contributed by atoms with Crippen LogP contribution in [0.1, 0.15) is 28.7 Å². The molecule has 76 valence electrons. The molecule has 1 aromatic carbocycles. The van der Waals surface area contributed by atoms with Gasteiger partial charge in [0.1, 0.15) is 0 Å². The maximum absolute atomic E-state index is 5.05. The average molecular weight is 191 g/mol. The van der Waals surface area contributed by atoms with Crippen LogP contribution in [0.25, 0.3) is 0 Å². The Morgan fingerprint density at radius 2 is 2.07 bits per heavy atom. The molecule has 0 unspecified atom stereocenters. The standard InChI is InChI=1S/C12H17NO/c1-9-5-6-10(7-8-14-13)12-4-2-3-11(9)12/h5-6H,2-4,7-8,13H2,1H3. The fraction of sp³-hybridized carbons (Fsp3) is 0.500. The van der Waals surface area contributed by atoms with Gasteiger partial charge < -0.3 is 4.84 Å². The van der Waals surface area contributed by atoms with Crippen LogP contribution < -0.4 is 5.90 Å². The molecular weight excluding hydrogens is 174 g/mol. The Morgan fingerprint density at radius 3 is 2.86 bits per heavy atom. The van der Waals surface area contributed by atoms with Gasteiger partial charge in [0.2, 0.25) is 0 Å². The van der Waals surface area contributed by atoms with Crippen LogP contribution in [-0.4, -0.2) is 6.61 Å². The predicted octanol–water partition coefficient (Wildman–Crippen LogP) is 1.92. The lowest BCUT2D eigenvalue weighted by molar-refractivity contribution is 0.141. The van der Waals surface area contributed by atoms with Gasteiger partial charge in [0.05, 0.1) is 6.61 Å². The molecule has 0 saturated heterocycles. The first kappa shape index (κ1) is 9.69. The minimum Gasteiger partial charge on any atom is -0.304 e. The van der Waals surface area contributed by atoms with Gasteiger partial charge in [-0.3, -0.25) is 0 Å². The minimum atomic E-state index is 0.621. The number of nitrogens with two attached hydrogens (primary N) is 1. The molecule has 2 N–H and O–H groups in total. The summed E-state index contributed by atoms with van der Waals surface area (Å²) in [5, 5.41) is 0. The van der Waals surface area contributed by atoms with E-state index < -0.39 is 0 Å². The van der Waals surface area contributed by atoms with Gasteiger partial charge in [-0.2, -0.15) is 0 Å². The van der Waals surface area contributed by atoms with Crippen molar-refractivity contribution in [3.8, 4) is 0 Å². The molecule has 2 rings (SSSR count). The predicted molar refractivity (Wildman–Crippen MR) is 57.0 cm³/mol. The smallest absolute Gasteiger partial charge is 0.0719 e. The maximum Gasteiger partial charge on any atom is 0.0719 e. The normalized spacial score (nSPS) is 14.4. The van der Waals surface area contributed by atoms with Crippen molar-refractivity contribution in [2.45, 2.75) is 32.6 Å². The zero-order valence-electron chi connectivity index (χ0n) is 8.68. The highest BCUT2D eigenvalue weighted by atomic mass is 16.6. The number of rotatable bonds is 3. The van der Waals surface area contributed by atoms with Crippen molar-refractivity contribution < 1.29 is 4.84 Å². The fourth-order valence-electron chi connectivity index (χ4n) is 2.36. The number of fused-ring (bicyclic) bond motifs is 1. The molecule has 0 bridgehead atoms. The second-order valence-electron chi connectivity index (χ2n) is 3.97. The molecule has 0 aromatic heterocycles. The highest BCUT2D eigenvalue weighted by molar-refractivity contribution is 5.43. The fourth-order valence-corrected chi connectivity index (χ4v) is 2.36. The molecule has 2 heteroatoms. The third-order valence-corrected chi connectivity index (χ3v) is 3.11. The maximum atomic E-state index is 5.05. The van der Waals surface area contributed by atoms with Crippen molar-refractivity contribution in [1.82, 2.24) is 0 Å². The first-order chi connectivity index (χ1) is 6.83. The molecule has 0 aliphatic heterocycles. The summed E-state index contributed by atoms with van der Waals surface area (Å²) in [6, 6.07) is 4.44. The van der Waals surface area contributed by atoms with Crippen molar-refractivity contribution >= 4 is 0 Å². The van der Waals surface area contributed by atoms with E-state index in [-0.39, 0.29) is 0 Å². The summed E-state index contributed by atoms with van der Waals surface area (Å²) in [5.74, 6) is 5.05. The van der Waals surface area contributed by atoms with Crippen molar-refractivity contribution in [3.63, 3.8) is 0 Å². The SMILES string of the molecule is Cc1ccc(CCON)c2c1CCC2. The Labute approximate surface area is 85.0 Å². The Hall–Kier alpha value is -0.860.